The van der Waals surface area contributed by atoms with Crippen LogP contribution in [0.5, 0.6) is 0 Å². The molecule has 0 rings (SSSR count). The van der Waals surface area contributed by atoms with Crippen molar-refractivity contribution in [3.63, 3.8) is 0 Å². The smallest absolute Gasteiger partial charge is 0.309 e. The molecule has 0 fully saturated rings. The first kappa shape index (κ1) is 22.9. The van der Waals surface area contributed by atoms with Crippen molar-refractivity contribution in [3.05, 3.63) is 0 Å². The summed E-state index contributed by atoms with van der Waals surface area (Å²) in [6, 6.07) is 0. The molecule has 0 aromatic carbocycles. The van der Waals surface area contributed by atoms with Gasteiger partial charge in [-0.15, -0.1) is 0 Å². The Morgan fingerprint density at radius 2 is 1.00 bits per heavy atom. The SMILES string of the molecule is CCCC(CCC)C(=O)OCC(O)COC(=O)C(CCC)CCC. The number of esters is 2. The molecule has 0 amide bonds. The van der Waals surface area contributed by atoms with Crippen LogP contribution in [0, 0.1) is 11.8 Å². The number of aliphatic hydroxyl groups is 1. The van der Waals surface area contributed by atoms with Crippen LogP contribution in [0.4, 0.5) is 0 Å². The minimum absolute atomic E-state index is 0.103. The number of hydrogen-bond donors (Lipinski definition) is 1. The van der Waals surface area contributed by atoms with Gasteiger partial charge < -0.3 is 14.6 Å². The summed E-state index contributed by atoms with van der Waals surface area (Å²) in [4.78, 5) is 24.0. The lowest BCUT2D eigenvalue weighted by Gasteiger charge is -2.18. The van der Waals surface area contributed by atoms with E-state index in [9.17, 15) is 14.7 Å². The van der Waals surface area contributed by atoms with E-state index in [1.54, 1.807) is 0 Å². The van der Waals surface area contributed by atoms with Crippen molar-refractivity contribution in [2.24, 2.45) is 11.8 Å². The molecule has 0 aliphatic carbocycles. The second-order valence-corrected chi connectivity index (χ2v) is 6.46. The maximum absolute atomic E-state index is 12.0. The third kappa shape index (κ3) is 9.91. The quantitative estimate of drug-likeness (QED) is 0.484. The van der Waals surface area contributed by atoms with E-state index in [4.69, 9.17) is 9.47 Å². The van der Waals surface area contributed by atoms with E-state index in [0.29, 0.717) is 0 Å². The van der Waals surface area contributed by atoms with Crippen molar-refractivity contribution < 1.29 is 24.2 Å². The van der Waals surface area contributed by atoms with Crippen LogP contribution in [0.3, 0.4) is 0 Å². The lowest BCUT2D eigenvalue weighted by Crippen LogP contribution is -2.29. The van der Waals surface area contributed by atoms with E-state index in [-0.39, 0.29) is 37.0 Å². The number of rotatable bonds is 14. The largest absolute Gasteiger partial charge is 0.463 e. The first-order chi connectivity index (χ1) is 11.5. The lowest BCUT2D eigenvalue weighted by molar-refractivity contribution is -0.158. The van der Waals surface area contributed by atoms with Crippen LogP contribution in [0.25, 0.3) is 0 Å². The molecule has 0 radical (unpaired) electrons. The zero-order valence-corrected chi connectivity index (χ0v) is 15.9. The summed E-state index contributed by atoms with van der Waals surface area (Å²) in [5.41, 5.74) is 0. The standard InChI is InChI=1S/C19H36O5/c1-5-9-15(10-6-2)18(21)23-13-17(20)14-24-19(22)16(11-7-3)12-8-4/h15-17,20H,5-14H2,1-4H3. The van der Waals surface area contributed by atoms with Gasteiger partial charge in [0, 0.05) is 0 Å². The van der Waals surface area contributed by atoms with Gasteiger partial charge in [0.15, 0.2) is 0 Å². The summed E-state index contributed by atoms with van der Waals surface area (Å²) in [6.07, 6.45) is 5.94. The molecule has 1 N–H and O–H groups in total. The summed E-state index contributed by atoms with van der Waals surface area (Å²) in [6.45, 7) is 7.89. The van der Waals surface area contributed by atoms with Crippen LogP contribution in [-0.2, 0) is 19.1 Å². The average Bonchev–Trinajstić information content (AvgIpc) is 2.57. The number of ether oxygens (including phenoxy) is 2. The minimum Gasteiger partial charge on any atom is -0.463 e. The van der Waals surface area contributed by atoms with Crippen LogP contribution < -0.4 is 0 Å². The predicted molar refractivity (Wildman–Crippen MR) is 94.5 cm³/mol. The summed E-state index contributed by atoms with van der Waals surface area (Å²) in [5, 5.41) is 9.88. The highest BCUT2D eigenvalue weighted by atomic mass is 16.6. The Morgan fingerprint density at radius 3 is 1.25 bits per heavy atom. The molecule has 5 nitrogen and oxygen atoms in total. The fraction of sp³-hybridized carbons (Fsp3) is 0.895. The molecule has 0 saturated carbocycles. The Kier molecular flexibility index (Phi) is 13.6. The Bertz CT molecular complexity index is 299. The van der Waals surface area contributed by atoms with Crippen molar-refractivity contribution in [2.45, 2.75) is 85.2 Å². The third-order valence-electron chi connectivity index (χ3n) is 4.05. The van der Waals surface area contributed by atoms with Gasteiger partial charge in [0.1, 0.15) is 19.3 Å². The molecule has 0 unspecified atom stereocenters. The van der Waals surface area contributed by atoms with Gasteiger partial charge in [0.25, 0.3) is 0 Å². The van der Waals surface area contributed by atoms with E-state index < -0.39 is 6.10 Å². The average molecular weight is 344 g/mol. The van der Waals surface area contributed by atoms with Crippen molar-refractivity contribution in [3.8, 4) is 0 Å². The minimum atomic E-state index is -0.967. The van der Waals surface area contributed by atoms with Crippen LogP contribution >= 0.6 is 0 Å². The first-order valence-electron chi connectivity index (χ1n) is 9.51. The maximum Gasteiger partial charge on any atom is 0.309 e. The molecule has 0 aromatic rings. The van der Waals surface area contributed by atoms with Crippen molar-refractivity contribution in [1.82, 2.24) is 0 Å². The molecule has 142 valence electrons. The van der Waals surface area contributed by atoms with Gasteiger partial charge >= 0.3 is 11.9 Å². The molecule has 0 aromatic heterocycles. The summed E-state index contributed by atoms with van der Waals surface area (Å²) in [5.74, 6) is -0.737. The molecule has 0 saturated heterocycles. The van der Waals surface area contributed by atoms with Gasteiger partial charge in [0.2, 0.25) is 0 Å². The van der Waals surface area contributed by atoms with Crippen molar-refractivity contribution in [2.75, 3.05) is 13.2 Å². The summed E-state index contributed by atoms with van der Waals surface area (Å²) >= 11 is 0. The number of carbonyl (C=O) groups is 2. The Balaban J connectivity index is 4.17. The zero-order valence-electron chi connectivity index (χ0n) is 15.9. The fourth-order valence-electron chi connectivity index (χ4n) is 2.79. The van der Waals surface area contributed by atoms with Gasteiger partial charge in [-0.25, -0.2) is 0 Å². The van der Waals surface area contributed by atoms with E-state index in [2.05, 4.69) is 0 Å². The molecule has 0 aliphatic heterocycles. The maximum atomic E-state index is 12.0. The molecular formula is C19H36O5. The van der Waals surface area contributed by atoms with Gasteiger partial charge in [-0.2, -0.15) is 0 Å². The second-order valence-electron chi connectivity index (χ2n) is 6.46. The molecule has 0 spiro atoms. The van der Waals surface area contributed by atoms with E-state index >= 15 is 0 Å². The third-order valence-corrected chi connectivity index (χ3v) is 4.05. The van der Waals surface area contributed by atoms with Crippen LogP contribution in [0.15, 0.2) is 0 Å². The lowest BCUT2D eigenvalue weighted by atomic mass is 9.98. The van der Waals surface area contributed by atoms with Gasteiger partial charge in [-0.05, 0) is 25.7 Å². The van der Waals surface area contributed by atoms with E-state index in [1.165, 1.54) is 0 Å². The molecule has 5 heteroatoms. The predicted octanol–water partition coefficient (Wildman–Crippen LogP) is 3.87. The number of hydrogen-bond acceptors (Lipinski definition) is 5. The molecule has 0 bridgehead atoms. The van der Waals surface area contributed by atoms with E-state index in [1.807, 2.05) is 27.7 Å². The summed E-state index contributed by atoms with van der Waals surface area (Å²) < 4.78 is 10.4. The number of carbonyl (C=O) groups excluding carboxylic acids is 2. The van der Waals surface area contributed by atoms with Crippen molar-refractivity contribution in [1.29, 1.82) is 0 Å². The highest BCUT2D eigenvalue weighted by Gasteiger charge is 2.22. The highest BCUT2D eigenvalue weighted by Crippen LogP contribution is 2.16. The highest BCUT2D eigenvalue weighted by molar-refractivity contribution is 5.73. The van der Waals surface area contributed by atoms with Crippen LogP contribution in [0.1, 0.15) is 79.1 Å². The van der Waals surface area contributed by atoms with Gasteiger partial charge in [-0.1, -0.05) is 53.4 Å². The normalized spacial score (nSPS) is 11.3. The molecule has 24 heavy (non-hydrogen) atoms. The van der Waals surface area contributed by atoms with Crippen LogP contribution in [0.2, 0.25) is 0 Å². The van der Waals surface area contributed by atoms with Gasteiger partial charge in [-0.3, -0.25) is 9.59 Å². The van der Waals surface area contributed by atoms with Crippen LogP contribution in [-0.4, -0.2) is 36.4 Å². The second kappa shape index (κ2) is 14.3. The first-order valence-corrected chi connectivity index (χ1v) is 9.51. The topological polar surface area (TPSA) is 72.8 Å². The zero-order chi connectivity index (χ0) is 18.4. The molecule has 0 aliphatic rings. The van der Waals surface area contributed by atoms with Gasteiger partial charge in [0.05, 0.1) is 11.8 Å². The molecular weight excluding hydrogens is 308 g/mol. The Morgan fingerprint density at radius 1 is 0.708 bits per heavy atom. The Hall–Kier alpha value is -1.10. The number of aliphatic hydroxyl groups excluding tert-OH is 1. The molecule has 0 heterocycles. The summed E-state index contributed by atoms with van der Waals surface area (Å²) in [7, 11) is 0. The molecule has 0 atom stereocenters. The fourth-order valence-corrected chi connectivity index (χ4v) is 2.79. The van der Waals surface area contributed by atoms with E-state index in [0.717, 1.165) is 51.4 Å². The Labute approximate surface area is 147 Å². The monoisotopic (exact) mass is 344 g/mol. The van der Waals surface area contributed by atoms with Crippen molar-refractivity contribution >= 4 is 11.9 Å².